The second-order valence-electron chi connectivity index (χ2n) is 2.56. The topological polar surface area (TPSA) is 38.5 Å². The highest BCUT2D eigenvalue weighted by molar-refractivity contribution is 7.80. The number of hydrogen-bond acceptors (Lipinski definition) is 2. The average Bonchev–Trinajstić information content (AvgIpc) is 1.76. The molecule has 0 aliphatic carbocycles. The van der Waals surface area contributed by atoms with E-state index in [1.807, 2.05) is 4.90 Å². The van der Waals surface area contributed by atoms with Crippen molar-refractivity contribution in [2.24, 2.45) is 11.7 Å². The van der Waals surface area contributed by atoms with E-state index >= 15 is 0 Å². The lowest BCUT2D eigenvalue weighted by atomic mass is 10.0. The predicted molar refractivity (Wildman–Crippen MR) is 43.7 cm³/mol. The molecule has 0 unspecified atom stereocenters. The second kappa shape index (κ2) is 3.16. The number of hydrogen-bond donors (Lipinski definition) is 1. The third-order valence-electron chi connectivity index (χ3n) is 1.67. The molecule has 1 aliphatic heterocycles. The van der Waals surface area contributed by atoms with Crippen molar-refractivity contribution < 1.29 is 4.74 Å². The summed E-state index contributed by atoms with van der Waals surface area (Å²) in [7, 11) is 1.71. The van der Waals surface area contributed by atoms with Crippen LogP contribution in [-0.4, -0.2) is 36.8 Å². The van der Waals surface area contributed by atoms with Crippen molar-refractivity contribution in [2.75, 3.05) is 26.8 Å². The minimum atomic E-state index is 0.507. The summed E-state index contributed by atoms with van der Waals surface area (Å²) in [5.41, 5.74) is 5.37. The third kappa shape index (κ3) is 1.58. The zero-order valence-corrected chi connectivity index (χ0v) is 6.86. The molecule has 4 heteroatoms. The van der Waals surface area contributed by atoms with Crippen molar-refractivity contribution in [3.8, 4) is 0 Å². The van der Waals surface area contributed by atoms with E-state index in [1.54, 1.807) is 7.11 Å². The maximum atomic E-state index is 5.37. The summed E-state index contributed by atoms with van der Waals surface area (Å²) in [5, 5.41) is 0.507. The minimum absolute atomic E-state index is 0.507. The molecule has 2 N–H and O–H groups in total. The van der Waals surface area contributed by atoms with E-state index in [4.69, 9.17) is 22.7 Å². The Kier molecular flexibility index (Phi) is 2.45. The summed E-state index contributed by atoms with van der Waals surface area (Å²) >= 11 is 4.77. The van der Waals surface area contributed by atoms with Gasteiger partial charge in [0.05, 0.1) is 6.61 Å². The van der Waals surface area contributed by atoms with Gasteiger partial charge in [0, 0.05) is 26.1 Å². The van der Waals surface area contributed by atoms with Crippen molar-refractivity contribution in [3.63, 3.8) is 0 Å². The van der Waals surface area contributed by atoms with Gasteiger partial charge in [-0.3, -0.25) is 0 Å². The summed E-state index contributed by atoms with van der Waals surface area (Å²) in [6, 6.07) is 0. The predicted octanol–water partition coefficient (Wildman–Crippen LogP) is -0.192. The van der Waals surface area contributed by atoms with Crippen molar-refractivity contribution in [1.82, 2.24) is 4.90 Å². The third-order valence-corrected chi connectivity index (χ3v) is 1.93. The van der Waals surface area contributed by atoms with E-state index < -0.39 is 0 Å². The van der Waals surface area contributed by atoms with Gasteiger partial charge in [-0.15, -0.1) is 0 Å². The molecule has 0 amide bonds. The molecule has 0 atom stereocenters. The molecule has 58 valence electrons. The molecule has 0 aromatic carbocycles. The van der Waals surface area contributed by atoms with E-state index in [2.05, 4.69) is 0 Å². The van der Waals surface area contributed by atoms with Gasteiger partial charge in [0.15, 0.2) is 5.11 Å². The summed E-state index contributed by atoms with van der Waals surface area (Å²) in [4.78, 5) is 1.97. The highest BCUT2D eigenvalue weighted by Gasteiger charge is 2.26. The van der Waals surface area contributed by atoms with Gasteiger partial charge in [-0.1, -0.05) is 0 Å². The van der Waals surface area contributed by atoms with Crippen LogP contribution in [0.4, 0.5) is 0 Å². The van der Waals surface area contributed by atoms with Crippen LogP contribution in [0.3, 0.4) is 0 Å². The molecule has 0 saturated carbocycles. The highest BCUT2D eigenvalue weighted by Crippen LogP contribution is 2.14. The molecule has 1 rings (SSSR count). The van der Waals surface area contributed by atoms with Gasteiger partial charge in [-0.2, -0.15) is 0 Å². The van der Waals surface area contributed by atoms with Crippen molar-refractivity contribution >= 4 is 17.3 Å². The van der Waals surface area contributed by atoms with E-state index in [9.17, 15) is 0 Å². The molecular weight excluding hydrogens is 148 g/mol. The maximum Gasteiger partial charge on any atom is 0.166 e. The fourth-order valence-corrected chi connectivity index (χ4v) is 1.24. The van der Waals surface area contributed by atoms with Crippen LogP contribution in [0.15, 0.2) is 0 Å². The number of nitrogens with zero attached hydrogens (tertiary/aromatic N) is 1. The van der Waals surface area contributed by atoms with Crippen molar-refractivity contribution in [1.29, 1.82) is 0 Å². The zero-order chi connectivity index (χ0) is 7.56. The zero-order valence-electron chi connectivity index (χ0n) is 6.04. The van der Waals surface area contributed by atoms with Gasteiger partial charge in [-0.25, -0.2) is 0 Å². The quantitative estimate of drug-likeness (QED) is 0.568. The molecule has 0 spiro atoms. The van der Waals surface area contributed by atoms with Crippen LogP contribution in [0, 0.1) is 5.92 Å². The molecule has 3 nitrogen and oxygen atoms in total. The SMILES string of the molecule is COCC1CN(C(N)=S)C1. The minimum Gasteiger partial charge on any atom is -0.384 e. The van der Waals surface area contributed by atoms with E-state index in [1.165, 1.54) is 0 Å². The number of thiocarbonyl (C=S) groups is 1. The van der Waals surface area contributed by atoms with Crippen LogP contribution in [0.2, 0.25) is 0 Å². The molecule has 0 aromatic heterocycles. The summed E-state index contributed by atoms with van der Waals surface area (Å²) < 4.78 is 4.96. The molecule has 10 heavy (non-hydrogen) atoms. The summed E-state index contributed by atoms with van der Waals surface area (Å²) in [6.45, 7) is 2.74. The monoisotopic (exact) mass is 160 g/mol. The Balaban J connectivity index is 2.12. The van der Waals surface area contributed by atoms with E-state index in [0.717, 1.165) is 19.7 Å². The normalized spacial score (nSPS) is 18.7. The lowest BCUT2D eigenvalue weighted by Crippen LogP contribution is -2.53. The van der Waals surface area contributed by atoms with Crippen LogP contribution in [0.1, 0.15) is 0 Å². The second-order valence-corrected chi connectivity index (χ2v) is 2.98. The Morgan fingerprint density at radius 1 is 1.80 bits per heavy atom. The number of nitrogens with two attached hydrogens (primary N) is 1. The van der Waals surface area contributed by atoms with E-state index in [0.29, 0.717) is 11.0 Å². The molecule has 1 saturated heterocycles. The van der Waals surface area contributed by atoms with Crippen molar-refractivity contribution in [3.05, 3.63) is 0 Å². The fraction of sp³-hybridized carbons (Fsp3) is 0.833. The lowest BCUT2D eigenvalue weighted by Gasteiger charge is -2.39. The molecule has 1 heterocycles. The van der Waals surface area contributed by atoms with Crippen molar-refractivity contribution in [2.45, 2.75) is 0 Å². The largest absolute Gasteiger partial charge is 0.384 e. The van der Waals surface area contributed by atoms with Gasteiger partial charge in [0.2, 0.25) is 0 Å². The first kappa shape index (κ1) is 7.75. The molecule has 0 aromatic rings. The molecule has 0 bridgehead atoms. The van der Waals surface area contributed by atoms with Crippen LogP contribution in [-0.2, 0) is 4.74 Å². The smallest absolute Gasteiger partial charge is 0.166 e. The number of ether oxygens (including phenoxy) is 1. The Labute approximate surface area is 66.1 Å². The van der Waals surface area contributed by atoms with Crippen LogP contribution in [0.25, 0.3) is 0 Å². The highest BCUT2D eigenvalue weighted by atomic mass is 32.1. The van der Waals surface area contributed by atoms with Crippen LogP contribution < -0.4 is 5.73 Å². The maximum absolute atomic E-state index is 5.37. The summed E-state index contributed by atoms with van der Waals surface area (Å²) in [6.07, 6.45) is 0. The lowest BCUT2D eigenvalue weighted by molar-refractivity contribution is 0.0763. The molecule has 1 fully saturated rings. The first-order valence-corrected chi connectivity index (χ1v) is 3.68. The fourth-order valence-electron chi connectivity index (χ4n) is 1.09. The van der Waals surface area contributed by atoms with E-state index in [-0.39, 0.29) is 0 Å². The summed E-state index contributed by atoms with van der Waals surface area (Å²) in [5.74, 6) is 0.631. The van der Waals surface area contributed by atoms with Gasteiger partial charge in [0.1, 0.15) is 0 Å². The number of methoxy groups -OCH3 is 1. The average molecular weight is 160 g/mol. The standard InChI is InChI=1S/C6H12N2OS/c1-9-4-5-2-8(3-5)6(7)10/h5H,2-4H2,1H3,(H2,7,10). The Morgan fingerprint density at radius 3 is 2.80 bits per heavy atom. The van der Waals surface area contributed by atoms with Gasteiger partial charge in [0.25, 0.3) is 0 Å². The van der Waals surface area contributed by atoms with Gasteiger partial charge >= 0.3 is 0 Å². The Hall–Kier alpha value is -0.350. The van der Waals surface area contributed by atoms with Crippen LogP contribution in [0.5, 0.6) is 0 Å². The molecule has 1 aliphatic rings. The van der Waals surface area contributed by atoms with Gasteiger partial charge in [-0.05, 0) is 12.2 Å². The first-order chi connectivity index (χ1) is 4.74. The molecular formula is C6H12N2OS. The first-order valence-electron chi connectivity index (χ1n) is 3.27. The Morgan fingerprint density at radius 2 is 2.40 bits per heavy atom. The van der Waals surface area contributed by atoms with Crippen LogP contribution >= 0.6 is 12.2 Å². The number of rotatable bonds is 2. The number of likely N-dealkylation sites (tertiary alicyclic amines) is 1. The molecule has 0 radical (unpaired) electrons. The van der Waals surface area contributed by atoms with Gasteiger partial charge < -0.3 is 15.4 Å². The Bertz CT molecular complexity index is 134.